The molecule has 0 atom stereocenters. The zero-order valence-electron chi connectivity index (χ0n) is 12.4. The third kappa shape index (κ3) is 3.99. The molecule has 0 aliphatic carbocycles. The SMILES string of the molecule is CCCn1nnnc1CN(C)Cc1cc([N+](=O)[O-])ccc1Cl. The Labute approximate surface area is 132 Å². The van der Waals surface area contributed by atoms with Gasteiger partial charge in [-0.25, -0.2) is 4.68 Å². The van der Waals surface area contributed by atoms with Gasteiger partial charge >= 0.3 is 0 Å². The Morgan fingerprint density at radius 2 is 2.18 bits per heavy atom. The molecule has 2 rings (SSSR count). The van der Waals surface area contributed by atoms with Crippen LogP contribution in [0.2, 0.25) is 5.02 Å². The highest BCUT2D eigenvalue weighted by atomic mass is 35.5. The fourth-order valence-electron chi connectivity index (χ4n) is 2.11. The minimum absolute atomic E-state index is 0.0311. The molecule has 1 heterocycles. The first-order valence-electron chi connectivity index (χ1n) is 6.87. The van der Waals surface area contributed by atoms with Crippen LogP contribution in [0.15, 0.2) is 18.2 Å². The van der Waals surface area contributed by atoms with Crippen molar-refractivity contribution in [1.82, 2.24) is 25.1 Å². The Hall–Kier alpha value is -2.06. The first-order chi connectivity index (χ1) is 10.5. The summed E-state index contributed by atoms with van der Waals surface area (Å²) in [5.74, 6) is 0.755. The molecule has 0 amide bonds. The van der Waals surface area contributed by atoms with Crippen molar-refractivity contribution in [2.75, 3.05) is 7.05 Å². The van der Waals surface area contributed by atoms with Gasteiger partial charge in [0.15, 0.2) is 5.82 Å². The van der Waals surface area contributed by atoms with Gasteiger partial charge < -0.3 is 0 Å². The van der Waals surface area contributed by atoms with Crippen molar-refractivity contribution in [3.8, 4) is 0 Å². The lowest BCUT2D eigenvalue weighted by Crippen LogP contribution is -2.21. The highest BCUT2D eigenvalue weighted by molar-refractivity contribution is 6.31. The van der Waals surface area contributed by atoms with Gasteiger partial charge in [0.05, 0.1) is 11.5 Å². The number of nitro groups is 1. The van der Waals surface area contributed by atoms with Crippen molar-refractivity contribution in [1.29, 1.82) is 0 Å². The van der Waals surface area contributed by atoms with E-state index in [1.54, 1.807) is 10.7 Å². The third-order valence-corrected chi connectivity index (χ3v) is 3.50. The number of hydrogen-bond donors (Lipinski definition) is 0. The van der Waals surface area contributed by atoms with Gasteiger partial charge in [-0.15, -0.1) is 5.10 Å². The zero-order valence-corrected chi connectivity index (χ0v) is 13.2. The van der Waals surface area contributed by atoms with Crippen LogP contribution in [0.25, 0.3) is 0 Å². The molecule has 0 aliphatic rings. The highest BCUT2D eigenvalue weighted by Crippen LogP contribution is 2.23. The normalized spacial score (nSPS) is 11.1. The number of tetrazole rings is 1. The molecule has 22 heavy (non-hydrogen) atoms. The summed E-state index contributed by atoms with van der Waals surface area (Å²) in [7, 11) is 1.89. The molecule has 2 aromatic rings. The van der Waals surface area contributed by atoms with Crippen molar-refractivity contribution in [2.24, 2.45) is 0 Å². The van der Waals surface area contributed by atoms with E-state index in [-0.39, 0.29) is 5.69 Å². The van der Waals surface area contributed by atoms with Crippen LogP contribution in [-0.2, 0) is 19.6 Å². The minimum Gasteiger partial charge on any atom is -0.295 e. The van der Waals surface area contributed by atoms with Crippen molar-refractivity contribution >= 4 is 17.3 Å². The molecule has 0 radical (unpaired) electrons. The standard InChI is InChI=1S/C13H17ClN6O2/c1-3-6-19-13(15-16-17-19)9-18(2)8-10-7-11(20(21)22)4-5-12(10)14/h4-5,7H,3,6,8-9H2,1-2H3. The van der Waals surface area contributed by atoms with Crippen LogP contribution in [0.3, 0.4) is 0 Å². The first-order valence-corrected chi connectivity index (χ1v) is 7.25. The van der Waals surface area contributed by atoms with Gasteiger partial charge in [-0.2, -0.15) is 0 Å². The Bertz CT molecular complexity index is 660. The molecule has 1 aromatic carbocycles. The third-order valence-electron chi connectivity index (χ3n) is 3.13. The maximum atomic E-state index is 10.8. The van der Waals surface area contributed by atoms with Crippen LogP contribution in [0.5, 0.6) is 0 Å². The summed E-state index contributed by atoms with van der Waals surface area (Å²) in [4.78, 5) is 12.4. The van der Waals surface area contributed by atoms with E-state index in [1.165, 1.54) is 12.1 Å². The smallest absolute Gasteiger partial charge is 0.269 e. The Kier molecular flexibility index (Phi) is 5.40. The largest absolute Gasteiger partial charge is 0.295 e. The lowest BCUT2D eigenvalue weighted by atomic mass is 10.2. The molecule has 0 unspecified atom stereocenters. The molecule has 0 saturated carbocycles. The van der Waals surface area contributed by atoms with Crippen LogP contribution in [0.1, 0.15) is 24.7 Å². The Morgan fingerprint density at radius 3 is 2.86 bits per heavy atom. The maximum Gasteiger partial charge on any atom is 0.269 e. The fourth-order valence-corrected chi connectivity index (χ4v) is 2.28. The van der Waals surface area contributed by atoms with E-state index >= 15 is 0 Å². The van der Waals surface area contributed by atoms with Crippen molar-refractivity contribution in [3.05, 3.63) is 44.7 Å². The van der Waals surface area contributed by atoms with Gasteiger partial charge in [-0.1, -0.05) is 18.5 Å². The van der Waals surface area contributed by atoms with Gasteiger partial charge in [0, 0.05) is 30.2 Å². The Balaban J connectivity index is 2.08. The number of rotatable bonds is 7. The minimum atomic E-state index is -0.429. The number of non-ortho nitro benzene ring substituents is 1. The highest BCUT2D eigenvalue weighted by Gasteiger charge is 2.13. The van der Waals surface area contributed by atoms with Gasteiger partial charge in [0.2, 0.25) is 0 Å². The van der Waals surface area contributed by atoms with E-state index < -0.39 is 4.92 Å². The summed E-state index contributed by atoms with van der Waals surface area (Å²) in [6, 6.07) is 4.44. The second-order valence-corrected chi connectivity index (χ2v) is 5.43. The number of halogens is 1. The Morgan fingerprint density at radius 1 is 1.41 bits per heavy atom. The van der Waals surface area contributed by atoms with Gasteiger partial charge in [0.1, 0.15) is 0 Å². The molecule has 0 spiro atoms. The van der Waals surface area contributed by atoms with Gasteiger partial charge in [-0.3, -0.25) is 15.0 Å². The van der Waals surface area contributed by atoms with Crippen molar-refractivity contribution in [2.45, 2.75) is 33.0 Å². The maximum absolute atomic E-state index is 10.8. The molecular formula is C13H17ClN6O2. The monoisotopic (exact) mass is 324 g/mol. The van der Waals surface area contributed by atoms with E-state index in [2.05, 4.69) is 22.4 Å². The van der Waals surface area contributed by atoms with Gasteiger partial charge in [0.25, 0.3) is 5.69 Å². The quantitative estimate of drug-likeness (QED) is 0.573. The predicted octanol–water partition coefficient (Wildman–Crippen LogP) is 2.28. The summed E-state index contributed by atoms with van der Waals surface area (Å²) in [6.07, 6.45) is 0.943. The van der Waals surface area contributed by atoms with E-state index in [0.717, 1.165) is 18.8 Å². The number of aromatic nitrogens is 4. The van der Waals surface area contributed by atoms with E-state index in [4.69, 9.17) is 11.6 Å². The van der Waals surface area contributed by atoms with Crippen molar-refractivity contribution < 1.29 is 4.92 Å². The molecule has 0 bridgehead atoms. The van der Waals surface area contributed by atoms with Crippen LogP contribution in [0.4, 0.5) is 5.69 Å². The van der Waals surface area contributed by atoms with E-state index in [1.807, 2.05) is 11.9 Å². The number of aryl methyl sites for hydroxylation is 1. The number of hydrogen-bond acceptors (Lipinski definition) is 6. The molecular weight excluding hydrogens is 308 g/mol. The number of nitro benzene ring substituents is 1. The second kappa shape index (κ2) is 7.28. The summed E-state index contributed by atoms with van der Waals surface area (Å²) in [6.45, 7) is 3.82. The van der Waals surface area contributed by atoms with E-state index in [0.29, 0.717) is 23.7 Å². The molecule has 9 heteroatoms. The topological polar surface area (TPSA) is 90.0 Å². The molecule has 0 aliphatic heterocycles. The molecule has 0 fully saturated rings. The molecule has 0 saturated heterocycles. The summed E-state index contributed by atoms with van der Waals surface area (Å²) in [5, 5.41) is 23.0. The molecule has 8 nitrogen and oxygen atoms in total. The van der Waals surface area contributed by atoms with Crippen LogP contribution in [0, 0.1) is 10.1 Å². The fraction of sp³-hybridized carbons (Fsp3) is 0.462. The van der Waals surface area contributed by atoms with Crippen LogP contribution in [-0.4, -0.2) is 37.1 Å². The average molecular weight is 325 g/mol. The number of nitrogens with zero attached hydrogens (tertiary/aromatic N) is 6. The van der Waals surface area contributed by atoms with E-state index in [9.17, 15) is 10.1 Å². The van der Waals surface area contributed by atoms with Crippen LogP contribution < -0.4 is 0 Å². The first kappa shape index (κ1) is 16.3. The number of benzene rings is 1. The van der Waals surface area contributed by atoms with Crippen LogP contribution >= 0.6 is 11.6 Å². The van der Waals surface area contributed by atoms with Gasteiger partial charge in [-0.05, 0) is 35.5 Å². The summed E-state index contributed by atoms with van der Waals surface area (Å²) >= 11 is 6.11. The molecule has 118 valence electrons. The summed E-state index contributed by atoms with van der Waals surface area (Å²) < 4.78 is 1.76. The lowest BCUT2D eigenvalue weighted by molar-refractivity contribution is -0.384. The summed E-state index contributed by atoms with van der Waals surface area (Å²) in [5.41, 5.74) is 0.733. The van der Waals surface area contributed by atoms with Crippen molar-refractivity contribution in [3.63, 3.8) is 0 Å². The lowest BCUT2D eigenvalue weighted by Gasteiger charge is -2.16. The average Bonchev–Trinajstić information content (AvgIpc) is 2.88. The zero-order chi connectivity index (χ0) is 16.1. The predicted molar refractivity (Wildman–Crippen MR) is 81.4 cm³/mol. The molecule has 0 N–H and O–H groups in total. The second-order valence-electron chi connectivity index (χ2n) is 5.02. The molecule has 1 aromatic heterocycles.